The number of benzene rings is 1. The molecule has 0 bridgehead atoms. The van der Waals surface area contributed by atoms with Gasteiger partial charge in [-0.05, 0) is 44.0 Å². The summed E-state index contributed by atoms with van der Waals surface area (Å²) >= 11 is 0. The van der Waals surface area contributed by atoms with Crippen LogP contribution < -0.4 is 5.32 Å². The zero-order chi connectivity index (χ0) is 14.2. The van der Waals surface area contributed by atoms with Crippen LogP contribution in [0.4, 0.5) is 0 Å². The standard InChI is InChI=1S/C17H25N3/c1-15(14-20-9-5-6-10-20)12-19-13-17(11-18)16-7-3-2-4-8-16/h2-4,7-8,15,17,19H,5-6,9-10,12-14H2,1H3. The van der Waals surface area contributed by atoms with Crippen molar-refractivity contribution in [2.45, 2.75) is 25.7 Å². The molecule has 2 rings (SSSR count). The Labute approximate surface area is 122 Å². The molecule has 20 heavy (non-hydrogen) atoms. The zero-order valence-corrected chi connectivity index (χ0v) is 12.4. The quantitative estimate of drug-likeness (QED) is 0.828. The van der Waals surface area contributed by atoms with Gasteiger partial charge in [-0.15, -0.1) is 0 Å². The summed E-state index contributed by atoms with van der Waals surface area (Å²) in [7, 11) is 0. The molecule has 0 amide bonds. The van der Waals surface area contributed by atoms with Crippen LogP contribution >= 0.6 is 0 Å². The topological polar surface area (TPSA) is 39.1 Å². The lowest BCUT2D eigenvalue weighted by Gasteiger charge is -2.21. The summed E-state index contributed by atoms with van der Waals surface area (Å²) in [6, 6.07) is 12.4. The Bertz CT molecular complexity index is 418. The Morgan fingerprint density at radius 3 is 2.55 bits per heavy atom. The summed E-state index contributed by atoms with van der Waals surface area (Å²) in [6.45, 7) is 7.71. The molecule has 2 unspecified atom stereocenters. The molecule has 0 aliphatic carbocycles. The van der Waals surface area contributed by atoms with Gasteiger partial charge in [0.05, 0.1) is 12.0 Å². The van der Waals surface area contributed by atoms with E-state index in [0.29, 0.717) is 5.92 Å². The van der Waals surface area contributed by atoms with Crippen molar-refractivity contribution in [2.75, 3.05) is 32.7 Å². The number of hydrogen-bond acceptors (Lipinski definition) is 3. The third kappa shape index (κ3) is 4.63. The van der Waals surface area contributed by atoms with E-state index < -0.39 is 0 Å². The fourth-order valence-corrected chi connectivity index (χ4v) is 2.87. The summed E-state index contributed by atoms with van der Waals surface area (Å²) in [4.78, 5) is 2.55. The molecule has 108 valence electrons. The van der Waals surface area contributed by atoms with E-state index >= 15 is 0 Å². The van der Waals surface area contributed by atoms with Gasteiger partial charge >= 0.3 is 0 Å². The van der Waals surface area contributed by atoms with Crippen LogP contribution in [0.25, 0.3) is 0 Å². The Kier molecular flexibility index (Phi) is 6.04. The van der Waals surface area contributed by atoms with E-state index in [9.17, 15) is 5.26 Å². The fraction of sp³-hybridized carbons (Fsp3) is 0.588. The highest BCUT2D eigenvalue weighted by atomic mass is 15.1. The van der Waals surface area contributed by atoms with Crippen molar-refractivity contribution in [2.24, 2.45) is 5.92 Å². The van der Waals surface area contributed by atoms with Crippen LogP contribution in [0, 0.1) is 17.2 Å². The molecule has 1 aliphatic heterocycles. The van der Waals surface area contributed by atoms with Crippen molar-refractivity contribution in [1.29, 1.82) is 5.26 Å². The summed E-state index contributed by atoms with van der Waals surface area (Å²) in [5.41, 5.74) is 1.11. The van der Waals surface area contributed by atoms with Crippen LogP contribution in [0.1, 0.15) is 31.2 Å². The Hall–Kier alpha value is -1.37. The average Bonchev–Trinajstić information content (AvgIpc) is 2.97. The maximum absolute atomic E-state index is 9.28. The van der Waals surface area contributed by atoms with Gasteiger partial charge < -0.3 is 10.2 Å². The minimum atomic E-state index is -0.0461. The molecule has 1 saturated heterocycles. The predicted molar refractivity (Wildman–Crippen MR) is 82.5 cm³/mol. The summed E-state index contributed by atoms with van der Waals surface area (Å²) in [6.07, 6.45) is 2.70. The molecular weight excluding hydrogens is 246 g/mol. The SMILES string of the molecule is CC(CNCC(C#N)c1ccccc1)CN1CCCC1. The lowest BCUT2D eigenvalue weighted by atomic mass is 10.0. The normalized spacial score (nSPS) is 18.6. The molecule has 3 heteroatoms. The molecule has 0 saturated carbocycles. The highest BCUT2D eigenvalue weighted by Gasteiger charge is 2.15. The van der Waals surface area contributed by atoms with Crippen molar-refractivity contribution in [1.82, 2.24) is 10.2 Å². The lowest BCUT2D eigenvalue weighted by molar-refractivity contribution is 0.283. The van der Waals surface area contributed by atoms with Crippen LogP contribution in [0.15, 0.2) is 30.3 Å². The number of nitriles is 1. The second-order valence-corrected chi connectivity index (χ2v) is 5.86. The van der Waals surface area contributed by atoms with Crippen molar-refractivity contribution >= 4 is 0 Å². The van der Waals surface area contributed by atoms with Gasteiger partial charge in [0, 0.05) is 13.1 Å². The highest BCUT2D eigenvalue weighted by molar-refractivity contribution is 5.24. The van der Waals surface area contributed by atoms with Gasteiger partial charge in [-0.3, -0.25) is 0 Å². The summed E-state index contributed by atoms with van der Waals surface area (Å²) in [5, 5.41) is 12.7. The maximum atomic E-state index is 9.28. The Morgan fingerprint density at radius 1 is 1.20 bits per heavy atom. The van der Waals surface area contributed by atoms with Gasteiger partial charge in [0.1, 0.15) is 0 Å². The minimum absolute atomic E-state index is 0.0461. The Balaban J connectivity index is 1.70. The molecule has 0 radical (unpaired) electrons. The molecular formula is C17H25N3. The van der Waals surface area contributed by atoms with Gasteiger partial charge in [0.25, 0.3) is 0 Å². The number of rotatable bonds is 7. The van der Waals surface area contributed by atoms with E-state index in [-0.39, 0.29) is 5.92 Å². The summed E-state index contributed by atoms with van der Waals surface area (Å²) in [5.74, 6) is 0.596. The molecule has 3 nitrogen and oxygen atoms in total. The van der Waals surface area contributed by atoms with E-state index in [1.807, 2.05) is 30.3 Å². The molecule has 1 N–H and O–H groups in total. The third-order valence-corrected chi connectivity index (χ3v) is 3.97. The van der Waals surface area contributed by atoms with Crippen molar-refractivity contribution in [3.63, 3.8) is 0 Å². The summed E-state index contributed by atoms with van der Waals surface area (Å²) < 4.78 is 0. The first-order valence-corrected chi connectivity index (χ1v) is 7.67. The molecule has 0 aromatic heterocycles. The molecule has 1 heterocycles. The zero-order valence-electron chi connectivity index (χ0n) is 12.4. The first-order chi connectivity index (χ1) is 9.79. The number of nitrogens with zero attached hydrogens (tertiary/aromatic N) is 2. The van der Waals surface area contributed by atoms with E-state index in [0.717, 1.165) is 18.7 Å². The van der Waals surface area contributed by atoms with Gasteiger partial charge in [-0.25, -0.2) is 0 Å². The van der Waals surface area contributed by atoms with Crippen molar-refractivity contribution in [3.05, 3.63) is 35.9 Å². The van der Waals surface area contributed by atoms with Crippen LogP contribution in [0.2, 0.25) is 0 Å². The molecule has 1 fully saturated rings. The second-order valence-electron chi connectivity index (χ2n) is 5.86. The van der Waals surface area contributed by atoms with Crippen LogP contribution in [-0.2, 0) is 0 Å². The third-order valence-electron chi connectivity index (χ3n) is 3.97. The molecule has 1 aromatic rings. The second kappa shape index (κ2) is 8.04. The smallest absolute Gasteiger partial charge is 0.0837 e. The monoisotopic (exact) mass is 271 g/mol. The fourth-order valence-electron chi connectivity index (χ4n) is 2.87. The van der Waals surface area contributed by atoms with E-state index in [1.165, 1.54) is 32.5 Å². The van der Waals surface area contributed by atoms with Crippen LogP contribution in [0.3, 0.4) is 0 Å². The van der Waals surface area contributed by atoms with Crippen molar-refractivity contribution in [3.8, 4) is 6.07 Å². The maximum Gasteiger partial charge on any atom is 0.0837 e. The predicted octanol–water partition coefficient (Wildman–Crippen LogP) is 2.62. The number of likely N-dealkylation sites (tertiary alicyclic amines) is 1. The highest BCUT2D eigenvalue weighted by Crippen LogP contribution is 2.14. The molecule has 2 atom stereocenters. The largest absolute Gasteiger partial charge is 0.315 e. The van der Waals surface area contributed by atoms with Crippen LogP contribution in [0.5, 0.6) is 0 Å². The molecule has 1 aromatic carbocycles. The lowest BCUT2D eigenvalue weighted by Crippen LogP contribution is -2.33. The van der Waals surface area contributed by atoms with Gasteiger partial charge in [-0.2, -0.15) is 5.26 Å². The first kappa shape index (κ1) is 15.0. The van der Waals surface area contributed by atoms with E-state index in [1.54, 1.807) is 0 Å². The van der Waals surface area contributed by atoms with Gasteiger partial charge in [0.15, 0.2) is 0 Å². The number of nitrogens with one attached hydrogen (secondary N) is 1. The van der Waals surface area contributed by atoms with E-state index in [2.05, 4.69) is 23.2 Å². The van der Waals surface area contributed by atoms with Crippen LogP contribution in [-0.4, -0.2) is 37.6 Å². The van der Waals surface area contributed by atoms with Crippen molar-refractivity contribution < 1.29 is 0 Å². The molecule has 0 spiro atoms. The minimum Gasteiger partial charge on any atom is -0.315 e. The first-order valence-electron chi connectivity index (χ1n) is 7.67. The average molecular weight is 271 g/mol. The van der Waals surface area contributed by atoms with Gasteiger partial charge in [0.2, 0.25) is 0 Å². The number of hydrogen-bond donors (Lipinski definition) is 1. The van der Waals surface area contributed by atoms with Gasteiger partial charge in [-0.1, -0.05) is 37.3 Å². The Morgan fingerprint density at radius 2 is 1.90 bits per heavy atom. The van der Waals surface area contributed by atoms with E-state index in [4.69, 9.17) is 0 Å². The molecule has 1 aliphatic rings.